The molecule has 1 atom stereocenters. The molecule has 0 bridgehead atoms. The fraction of sp³-hybridized carbons (Fsp3) is 0.273. The number of halogens is 1. The molecule has 0 aromatic heterocycles. The highest BCUT2D eigenvalue weighted by Crippen LogP contribution is 2.10. The summed E-state index contributed by atoms with van der Waals surface area (Å²) in [6, 6.07) is 8.52. The zero-order valence-electron chi connectivity index (χ0n) is 9.11. The molecule has 1 aromatic carbocycles. The number of hydrogen-bond donors (Lipinski definition) is 1. The van der Waals surface area contributed by atoms with Gasteiger partial charge in [-0.05, 0) is 19.1 Å². The van der Waals surface area contributed by atoms with Crippen molar-refractivity contribution in [3.63, 3.8) is 0 Å². The van der Waals surface area contributed by atoms with Crippen LogP contribution in [0.3, 0.4) is 0 Å². The molecule has 0 radical (unpaired) electrons. The summed E-state index contributed by atoms with van der Waals surface area (Å²) in [4.78, 5) is 24.1. The Labute approximate surface area is 99.2 Å². The highest BCUT2D eigenvalue weighted by molar-refractivity contribution is 6.31. The Morgan fingerprint density at radius 2 is 1.88 bits per heavy atom. The molecule has 0 aliphatic carbocycles. The Kier molecular flexibility index (Phi) is 4.31. The Hall–Kier alpha value is -1.55. The molecule has 0 saturated heterocycles. The molecule has 1 aromatic rings. The standard InChI is InChI=1S/C11H13ClN2O2/c1-8(12)10(15)13-11(16)14(2)9-6-4-3-5-7-9/h3-8H,1-2H3,(H,13,15,16). The Morgan fingerprint density at radius 3 is 2.38 bits per heavy atom. The number of anilines is 1. The number of urea groups is 1. The van der Waals surface area contributed by atoms with Crippen LogP contribution < -0.4 is 10.2 Å². The zero-order chi connectivity index (χ0) is 12.1. The van der Waals surface area contributed by atoms with Crippen molar-refractivity contribution < 1.29 is 9.59 Å². The van der Waals surface area contributed by atoms with Crippen molar-refractivity contribution in [2.45, 2.75) is 12.3 Å². The molecule has 86 valence electrons. The number of carbonyl (C=O) groups excluding carboxylic acids is 2. The summed E-state index contributed by atoms with van der Waals surface area (Å²) in [5, 5.41) is 1.47. The highest BCUT2D eigenvalue weighted by atomic mass is 35.5. The van der Waals surface area contributed by atoms with Crippen molar-refractivity contribution in [1.29, 1.82) is 0 Å². The molecule has 16 heavy (non-hydrogen) atoms. The van der Waals surface area contributed by atoms with Crippen molar-refractivity contribution in [3.05, 3.63) is 30.3 Å². The van der Waals surface area contributed by atoms with Crippen LogP contribution in [0.5, 0.6) is 0 Å². The number of para-hydroxylation sites is 1. The summed E-state index contributed by atoms with van der Waals surface area (Å²) in [5.41, 5.74) is 0.704. The van der Waals surface area contributed by atoms with Crippen LogP contribution in [0.2, 0.25) is 0 Å². The van der Waals surface area contributed by atoms with Crippen LogP contribution in [0.25, 0.3) is 0 Å². The molecule has 0 spiro atoms. The molecular formula is C11H13ClN2O2. The maximum atomic E-state index is 11.6. The minimum atomic E-state index is -0.729. The third-order valence-corrected chi connectivity index (χ3v) is 2.24. The number of hydrogen-bond acceptors (Lipinski definition) is 2. The molecule has 0 saturated carbocycles. The monoisotopic (exact) mass is 240 g/mol. The summed E-state index contributed by atoms with van der Waals surface area (Å²) >= 11 is 5.54. The first kappa shape index (κ1) is 12.5. The molecular weight excluding hydrogens is 228 g/mol. The van der Waals surface area contributed by atoms with Crippen LogP contribution in [0.4, 0.5) is 10.5 Å². The van der Waals surface area contributed by atoms with Crippen LogP contribution >= 0.6 is 11.6 Å². The third-order valence-electron chi connectivity index (χ3n) is 2.04. The van der Waals surface area contributed by atoms with Crippen molar-refractivity contribution in [2.75, 3.05) is 11.9 Å². The number of nitrogens with zero attached hydrogens (tertiary/aromatic N) is 1. The van der Waals surface area contributed by atoms with Gasteiger partial charge in [-0.1, -0.05) is 18.2 Å². The van der Waals surface area contributed by atoms with E-state index in [0.717, 1.165) is 0 Å². The maximum absolute atomic E-state index is 11.6. The Morgan fingerprint density at radius 1 is 1.31 bits per heavy atom. The number of rotatable bonds is 2. The summed E-state index contributed by atoms with van der Waals surface area (Å²) in [7, 11) is 1.58. The van der Waals surface area contributed by atoms with Gasteiger partial charge in [0.2, 0.25) is 5.91 Å². The second kappa shape index (κ2) is 5.51. The molecule has 1 rings (SSSR count). The molecule has 3 amide bonds. The van der Waals surface area contributed by atoms with E-state index in [4.69, 9.17) is 11.6 Å². The minimum absolute atomic E-state index is 0.497. The topological polar surface area (TPSA) is 49.4 Å². The first-order valence-corrected chi connectivity index (χ1v) is 5.23. The van der Waals surface area contributed by atoms with Gasteiger partial charge in [0.05, 0.1) is 0 Å². The van der Waals surface area contributed by atoms with Gasteiger partial charge in [-0.15, -0.1) is 11.6 Å². The SMILES string of the molecule is CC(Cl)C(=O)NC(=O)N(C)c1ccccc1. The number of imide groups is 1. The fourth-order valence-electron chi connectivity index (χ4n) is 1.06. The first-order valence-electron chi connectivity index (χ1n) is 4.80. The van der Waals surface area contributed by atoms with Crippen LogP contribution in [0, 0.1) is 0 Å². The lowest BCUT2D eigenvalue weighted by atomic mass is 10.3. The van der Waals surface area contributed by atoms with Gasteiger partial charge in [0.15, 0.2) is 0 Å². The second-order valence-electron chi connectivity index (χ2n) is 3.30. The van der Waals surface area contributed by atoms with Gasteiger partial charge >= 0.3 is 6.03 Å². The molecule has 1 N–H and O–H groups in total. The first-order chi connectivity index (χ1) is 7.52. The lowest BCUT2D eigenvalue weighted by Crippen LogP contribution is -2.43. The number of amides is 3. The molecule has 1 unspecified atom stereocenters. The van der Waals surface area contributed by atoms with E-state index in [1.165, 1.54) is 11.8 Å². The molecule has 0 fully saturated rings. The molecule has 0 aliphatic rings. The fourth-order valence-corrected chi connectivity index (χ4v) is 1.11. The van der Waals surface area contributed by atoms with Crippen molar-refractivity contribution in [1.82, 2.24) is 5.32 Å². The van der Waals surface area contributed by atoms with Crippen LogP contribution in [0.15, 0.2) is 30.3 Å². The van der Waals surface area contributed by atoms with Gasteiger partial charge in [0.1, 0.15) is 5.38 Å². The predicted molar refractivity (Wildman–Crippen MR) is 63.7 cm³/mol. The number of benzene rings is 1. The second-order valence-corrected chi connectivity index (χ2v) is 3.96. The van der Waals surface area contributed by atoms with Crippen molar-refractivity contribution in [2.24, 2.45) is 0 Å². The third kappa shape index (κ3) is 3.24. The molecule has 0 heterocycles. The maximum Gasteiger partial charge on any atom is 0.328 e. The summed E-state index contributed by atoms with van der Waals surface area (Å²) in [6.07, 6.45) is 0. The number of nitrogens with one attached hydrogen (secondary N) is 1. The minimum Gasteiger partial charge on any atom is -0.297 e. The molecule has 5 heteroatoms. The average Bonchev–Trinajstić information content (AvgIpc) is 2.28. The normalized spacial score (nSPS) is 11.7. The average molecular weight is 241 g/mol. The zero-order valence-corrected chi connectivity index (χ0v) is 9.86. The lowest BCUT2D eigenvalue weighted by Gasteiger charge is -2.17. The van der Waals surface area contributed by atoms with Gasteiger partial charge in [-0.3, -0.25) is 15.0 Å². The quantitative estimate of drug-likeness (QED) is 0.804. The van der Waals surface area contributed by atoms with Crippen molar-refractivity contribution in [3.8, 4) is 0 Å². The predicted octanol–water partition coefficient (Wildman–Crippen LogP) is 1.99. The lowest BCUT2D eigenvalue weighted by molar-refractivity contribution is -0.119. The van der Waals surface area contributed by atoms with E-state index in [0.29, 0.717) is 5.69 Å². The van der Waals surface area contributed by atoms with Crippen LogP contribution in [-0.2, 0) is 4.79 Å². The number of carbonyl (C=O) groups is 2. The van der Waals surface area contributed by atoms with E-state index < -0.39 is 17.3 Å². The van der Waals surface area contributed by atoms with Crippen molar-refractivity contribution >= 4 is 29.2 Å². The van der Waals surface area contributed by atoms with Gasteiger partial charge in [0.25, 0.3) is 0 Å². The van der Waals surface area contributed by atoms with Crippen LogP contribution in [0.1, 0.15) is 6.92 Å². The van der Waals surface area contributed by atoms with E-state index >= 15 is 0 Å². The molecule has 0 aliphatic heterocycles. The van der Waals surface area contributed by atoms with Crippen LogP contribution in [-0.4, -0.2) is 24.4 Å². The van der Waals surface area contributed by atoms with Gasteiger partial charge < -0.3 is 0 Å². The van der Waals surface area contributed by atoms with Gasteiger partial charge in [-0.25, -0.2) is 4.79 Å². The number of alkyl halides is 1. The largest absolute Gasteiger partial charge is 0.328 e. The molecule has 4 nitrogen and oxygen atoms in total. The van der Waals surface area contributed by atoms with Gasteiger partial charge in [-0.2, -0.15) is 0 Å². The summed E-state index contributed by atoms with van der Waals surface area (Å²) in [6.45, 7) is 1.51. The van der Waals surface area contributed by atoms with E-state index in [9.17, 15) is 9.59 Å². The van der Waals surface area contributed by atoms with E-state index in [-0.39, 0.29) is 0 Å². The highest BCUT2D eigenvalue weighted by Gasteiger charge is 2.16. The van der Waals surface area contributed by atoms with E-state index in [1.54, 1.807) is 19.2 Å². The van der Waals surface area contributed by atoms with E-state index in [2.05, 4.69) is 5.32 Å². The Balaban J connectivity index is 2.65. The smallest absolute Gasteiger partial charge is 0.297 e. The summed E-state index contributed by atoms with van der Waals surface area (Å²) < 4.78 is 0. The van der Waals surface area contributed by atoms with E-state index in [1.807, 2.05) is 18.2 Å². The summed E-state index contributed by atoms with van der Waals surface area (Å²) in [5.74, 6) is -0.505. The Bertz CT molecular complexity index is 379. The van der Waals surface area contributed by atoms with Gasteiger partial charge in [0, 0.05) is 12.7 Å².